The summed E-state index contributed by atoms with van der Waals surface area (Å²) in [7, 11) is 1.46. The summed E-state index contributed by atoms with van der Waals surface area (Å²) in [5.41, 5.74) is 6.71. The highest BCUT2D eigenvalue weighted by molar-refractivity contribution is 6.15. The highest BCUT2D eigenvalue weighted by Gasteiger charge is 2.60. The number of esters is 1. The largest absolute Gasteiger partial charge is 0.465 e. The van der Waals surface area contributed by atoms with E-state index in [1.807, 2.05) is 6.07 Å². The number of anilines is 1. The molecule has 23 heavy (non-hydrogen) atoms. The number of nitrogens with one attached hydrogen (secondary N) is 1. The van der Waals surface area contributed by atoms with Gasteiger partial charge >= 0.3 is 5.97 Å². The molecule has 0 radical (unpaired) electrons. The maximum atomic E-state index is 12.4. The lowest BCUT2D eigenvalue weighted by molar-refractivity contribution is -0.522. The molecule has 0 bridgehead atoms. The van der Waals surface area contributed by atoms with Crippen LogP contribution in [-0.4, -0.2) is 36.5 Å². The number of ether oxygens (including phenoxy) is 1. The van der Waals surface area contributed by atoms with Gasteiger partial charge in [-0.1, -0.05) is 18.2 Å². The molecule has 5 rings (SSSR count). The van der Waals surface area contributed by atoms with Crippen LogP contribution in [0, 0.1) is 0 Å². The number of hydrogen-bond acceptors (Lipinski definition) is 3. The molecule has 0 saturated heterocycles. The van der Waals surface area contributed by atoms with E-state index in [4.69, 9.17) is 4.74 Å². The normalized spacial score (nSPS) is 27.1. The molecule has 0 fully saturated rings. The number of benzene rings is 1. The number of carbonyl (C=O) groups is 1. The van der Waals surface area contributed by atoms with Gasteiger partial charge in [0, 0.05) is 24.1 Å². The van der Waals surface area contributed by atoms with Crippen LogP contribution < -0.4 is 5.32 Å². The third-order valence-corrected chi connectivity index (χ3v) is 5.72. The van der Waals surface area contributed by atoms with Gasteiger partial charge in [0.1, 0.15) is 18.5 Å². The van der Waals surface area contributed by atoms with Gasteiger partial charge < -0.3 is 10.1 Å². The van der Waals surface area contributed by atoms with E-state index in [0.29, 0.717) is 5.57 Å². The van der Waals surface area contributed by atoms with Crippen LogP contribution >= 0.6 is 0 Å². The lowest BCUT2D eigenvalue weighted by Gasteiger charge is -2.31. The fourth-order valence-corrected chi connectivity index (χ4v) is 4.88. The fourth-order valence-electron chi connectivity index (χ4n) is 4.88. The van der Waals surface area contributed by atoms with E-state index >= 15 is 0 Å². The number of rotatable bonds is 1. The zero-order chi connectivity index (χ0) is 15.6. The molecule has 0 unspecified atom stereocenters. The molecule has 4 nitrogen and oxygen atoms in total. The number of methoxy groups -OCH3 is 1. The number of nitrogens with zero attached hydrogens (tertiary/aromatic N) is 1. The van der Waals surface area contributed by atoms with Crippen molar-refractivity contribution in [2.45, 2.75) is 24.7 Å². The molecule has 0 saturated carbocycles. The number of allylic oxidation sites excluding steroid dienone is 2. The van der Waals surface area contributed by atoms with Crippen molar-refractivity contribution in [1.29, 1.82) is 0 Å². The van der Waals surface area contributed by atoms with Gasteiger partial charge in [0.15, 0.2) is 5.71 Å². The minimum Gasteiger partial charge on any atom is -0.465 e. The molecule has 1 spiro atoms. The second kappa shape index (κ2) is 4.34. The van der Waals surface area contributed by atoms with Crippen LogP contribution in [-0.2, 0) is 14.9 Å². The zero-order valence-electron chi connectivity index (χ0n) is 13.2. The van der Waals surface area contributed by atoms with Crippen LogP contribution in [0.15, 0.2) is 47.2 Å². The first-order chi connectivity index (χ1) is 11.3. The lowest BCUT2D eigenvalue weighted by Crippen LogP contribution is -2.42. The zero-order valence-corrected chi connectivity index (χ0v) is 13.2. The van der Waals surface area contributed by atoms with Crippen LogP contribution in [0.4, 0.5) is 5.69 Å². The van der Waals surface area contributed by atoms with E-state index in [9.17, 15) is 4.79 Å². The van der Waals surface area contributed by atoms with Crippen molar-refractivity contribution in [3.8, 4) is 0 Å². The molecule has 4 heteroatoms. The maximum Gasteiger partial charge on any atom is 0.339 e. The van der Waals surface area contributed by atoms with Gasteiger partial charge in [-0.2, -0.15) is 0 Å². The van der Waals surface area contributed by atoms with Gasteiger partial charge in [0.25, 0.3) is 0 Å². The first kappa shape index (κ1) is 13.1. The molecule has 1 atom stereocenters. The summed E-state index contributed by atoms with van der Waals surface area (Å²) in [6.45, 7) is 2.18. The van der Waals surface area contributed by atoms with Gasteiger partial charge in [0.2, 0.25) is 0 Å². The summed E-state index contributed by atoms with van der Waals surface area (Å²) in [5, 5.41) is 3.54. The molecular weight excluding hydrogens is 288 g/mol. The van der Waals surface area contributed by atoms with Crippen molar-refractivity contribution < 1.29 is 14.1 Å². The van der Waals surface area contributed by atoms with Crippen molar-refractivity contribution in [2.24, 2.45) is 0 Å². The highest BCUT2D eigenvalue weighted by Crippen LogP contribution is 2.54. The summed E-state index contributed by atoms with van der Waals surface area (Å²) >= 11 is 0. The summed E-state index contributed by atoms with van der Waals surface area (Å²) in [6.07, 6.45) is 5.29. The predicted molar refractivity (Wildman–Crippen MR) is 87.7 cm³/mol. The molecule has 1 aromatic carbocycles. The lowest BCUT2D eigenvalue weighted by atomic mass is 9.67. The third-order valence-electron chi connectivity index (χ3n) is 5.72. The summed E-state index contributed by atoms with van der Waals surface area (Å²) in [5.74, 6) is -0.241. The quantitative estimate of drug-likeness (QED) is 0.640. The standard InChI is InChI=1S/C19H18N2O2/c1-23-18(22)13-11-12-5-4-9-21-10-8-19(17(12)21)14-6-2-3-7-15(14)20-16(13)19/h2-3,6-7,11H,4-5,8-10H2,1H3/p+1/t19-/m0/s1. The predicted octanol–water partition coefficient (Wildman–Crippen LogP) is 2.37. The van der Waals surface area contributed by atoms with Crippen LogP contribution in [0.5, 0.6) is 0 Å². The SMILES string of the molecule is COC(=O)C1=C2Nc3ccccc3[C@@]23CC[N+]2=C3C(=C1)CCC2. The number of hydrogen-bond donors (Lipinski definition) is 1. The van der Waals surface area contributed by atoms with Gasteiger partial charge in [-0.3, -0.25) is 0 Å². The van der Waals surface area contributed by atoms with E-state index < -0.39 is 0 Å². The van der Waals surface area contributed by atoms with E-state index in [-0.39, 0.29) is 11.4 Å². The van der Waals surface area contributed by atoms with Crippen LogP contribution in [0.25, 0.3) is 0 Å². The Bertz CT molecular complexity index is 847. The fraction of sp³-hybridized carbons (Fsp3) is 0.368. The van der Waals surface area contributed by atoms with Gasteiger partial charge in [-0.15, -0.1) is 0 Å². The molecule has 0 aromatic heterocycles. The molecule has 1 aromatic rings. The summed E-state index contributed by atoms with van der Waals surface area (Å²) in [4.78, 5) is 12.4. The summed E-state index contributed by atoms with van der Waals surface area (Å²) in [6, 6.07) is 8.46. The van der Waals surface area contributed by atoms with E-state index in [1.54, 1.807) is 0 Å². The van der Waals surface area contributed by atoms with Crippen molar-refractivity contribution >= 4 is 17.4 Å². The molecule has 1 aliphatic carbocycles. The highest BCUT2D eigenvalue weighted by atomic mass is 16.5. The van der Waals surface area contributed by atoms with Gasteiger partial charge in [-0.05, 0) is 24.1 Å². The van der Waals surface area contributed by atoms with E-state index in [0.717, 1.165) is 43.7 Å². The number of carbonyl (C=O) groups excluding carboxylic acids is 1. The molecule has 4 aliphatic rings. The Morgan fingerprint density at radius 2 is 2.17 bits per heavy atom. The minimum atomic E-state index is -0.241. The Kier molecular flexibility index (Phi) is 2.48. The topological polar surface area (TPSA) is 41.3 Å². The Labute approximate surface area is 135 Å². The molecular formula is C19H19N2O2+. The van der Waals surface area contributed by atoms with E-state index in [2.05, 4.69) is 34.2 Å². The molecule has 0 amide bonds. The Morgan fingerprint density at radius 1 is 1.30 bits per heavy atom. The van der Waals surface area contributed by atoms with E-state index in [1.165, 1.54) is 24.0 Å². The van der Waals surface area contributed by atoms with Crippen molar-refractivity contribution in [2.75, 3.05) is 25.5 Å². The van der Waals surface area contributed by atoms with Crippen molar-refractivity contribution in [3.63, 3.8) is 0 Å². The van der Waals surface area contributed by atoms with Gasteiger partial charge in [-0.25, -0.2) is 9.37 Å². The van der Waals surface area contributed by atoms with Gasteiger partial charge in [0.05, 0.1) is 18.4 Å². The second-order valence-corrected chi connectivity index (χ2v) is 6.71. The number of para-hydroxylation sites is 1. The Morgan fingerprint density at radius 3 is 3.04 bits per heavy atom. The third kappa shape index (κ3) is 1.46. The first-order valence-electron chi connectivity index (χ1n) is 8.28. The minimum absolute atomic E-state index is 0.176. The second-order valence-electron chi connectivity index (χ2n) is 6.71. The molecule has 3 heterocycles. The first-order valence-corrected chi connectivity index (χ1v) is 8.28. The molecule has 116 valence electrons. The Hall–Kier alpha value is -2.36. The maximum absolute atomic E-state index is 12.4. The Balaban J connectivity index is 1.86. The van der Waals surface area contributed by atoms with Crippen molar-refractivity contribution in [3.05, 3.63) is 52.7 Å². The van der Waals surface area contributed by atoms with Crippen LogP contribution in [0.3, 0.4) is 0 Å². The van der Waals surface area contributed by atoms with Crippen molar-refractivity contribution in [1.82, 2.24) is 0 Å². The number of fused-ring (bicyclic) bond motifs is 1. The van der Waals surface area contributed by atoms with Crippen LogP contribution in [0.2, 0.25) is 0 Å². The van der Waals surface area contributed by atoms with Crippen LogP contribution in [0.1, 0.15) is 24.8 Å². The smallest absolute Gasteiger partial charge is 0.339 e. The average molecular weight is 307 g/mol. The molecule has 1 N–H and O–H groups in total. The molecule has 3 aliphatic heterocycles. The summed E-state index contributed by atoms with van der Waals surface area (Å²) < 4.78 is 7.60. The average Bonchev–Trinajstić information content (AvgIpc) is 3.14. The monoisotopic (exact) mass is 307 g/mol.